The fourth-order valence-electron chi connectivity index (χ4n) is 2.21. The number of rotatable bonds is 2. The molecule has 0 aliphatic heterocycles. The van der Waals surface area contributed by atoms with Crippen LogP contribution in [-0.2, 0) is 4.79 Å². The van der Waals surface area contributed by atoms with Gasteiger partial charge < -0.3 is 5.11 Å². The van der Waals surface area contributed by atoms with Crippen LogP contribution in [0.2, 0.25) is 0 Å². The number of aliphatic carboxylic acids is 1. The average molecular weight is 221 g/mol. The van der Waals surface area contributed by atoms with Crippen LogP contribution in [-0.4, -0.2) is 11.1 Å². The monoisotopic (exact) mass is 221 g/mol. The van der Waals surface area contributed by atoms with Gasteiger partial charge in [0.15, 0.2) is 0 Å². The normalized spacial score (nSPS) is 27.0. The summed E-state index contributed by atoms with van der Waals surface area (Å²) in [7, 11) is 0. The van der Waals surface area contributed by atoms with Crippen molar-refractivity contribution in [2.75, 3.05) is 0 Å². The van der Waals surface area contributed by atoms with E-state index in [1.165, 1.54) is 11.3 Å². The Morgan fingerprint density at radius 1 is 1.60 bits per heavy atom. The molecule has 78 valence electrons. The molecule has 1 aliphatic rings. The fraction of sp³-hybridized carbons (Fsp3) is 0.455. The Morgan fingerprint density at radius 2 is 2.27 bits per heavy atom. The second-order valence-electron chi connectivity index (χ2n) is 4.43. The molecule has 0 saturated heterocycles. The van der Waals surface area contributed by atoms with Gasteiger partial charge >= 0.3 is 5.97 Å². The predicted octanol–water partition coefficient (Wildman–Crippen LogP) is 2.44. The van der Waals surface area contributed by atoms with Gasteiger partial charge in [0.2, 0.25) is 0 Å². The minimum Gasteiger partial charge on any atom is -0.481 e. The lowest BCUT2D eigenvalue weighted by molar-refractivity contribution is -0.139. The van der Waals surface area contributed by atoms with Gasteiger partial charge in [-0.1, -0.05) is 13.8 Å². The Bertz CT molecular complexity index is 455. The highest BCUT2D eigenvalue weighted by Crippen LogP contribution is 2.65. The van der Waals surface area contributed by atoms with Gasteiger partial charge in [0.1, 0.15) is 10.9 Å². The Morgan fingerprint density at radius 3 is 2.67 bits per heavy atom. The van der Waals surface area contributed by atoms with E-state index in [0.29, 0.717) is 4.88 Å². The van der Waals surface area contributed by atoms with E-state index in [-0.39, 0.29) is 17.3 Å². The molecule has 0 amide bonds. The summed E-state index contributed by atoms with van der Waals surface area (Å²) in [5.41, 5.74) is -0.177. The zero-order chi connectivity index (χ0) is 11.2. The molecular weight excluding hydrogens is 210 g/mol. The lowest BCUT2D eigenvalue weighted by atomic mass is 10.1. The van der Waals surface area contributed by atoms with E-state index in [0.717, 1.165) is 4.88 Å². The molecule has 1 fully saturated rings. The third kappa shape index (κ3) is 1.44. The van der Waals surface area contributed by atoms with Crippen LogP contribution in [0.15, 0.2) is 12.1 Å². The van der Waals surface area contributed by atoms with E-state index in [1.807, 2.05) is 19.9 Å². The highest BCUT2D eigenvalue weighted by Gasteiger charge is 2.63. The first kappa shape index (κ1) is 10.2. The quantitative estimate of drug-likeness (QED) is 0.834. The molecule has 0 radical (unpaired) electrons. The van der Waals surface area contributed by atoms with Crippen molar-refractivity contribution in [2.45, 2.75) is 19.8 Å². The van der Waals surface area contributed by atoms with Gasteiger partial charge in [-0.15, -0.1) is 11.3 Å². The van der Waals surface area contributed by atoms with Crippen LogP contribution in [0.3, 0.4) is 0 Å². The summed E-state index contributed by atoms with van der Waals surface area (Å²) in [6, 6.07) is 5.70. The summed E-state index contributed by atoms with van der Waals surface area (Å²) in [4.78, 5) is 12.6. The van der Waals surface area contributed by atoms with Gasteiger partial charge in [0.05, 0.1) is 5.92 Å². The van der Waals surface area contributed by atoms with E-state index < -0.39 is 5.97 Å². The predicted molar refractivity (Wildman–Crippen MR) is 56.7 cm³/mol. The molecule has 4 heteroatoms. The lowest BCUT2D eigenvalue weighted by Crippen LogP contribution is -2.02. The number of carboxylic acids is 1. The largest absolute Gasteiger partial charge is 0.481 e. The lowest BCUT2D eigenvalue weighted by Gasteiger charge is -1.97. The summed E-state index contributed by atoms with van der Waals surface area (Å²) >= 11 is 1.40. The van der Waals surface area contributed by atoms with Gasteiger partial charge in [-0.05, 0) is 17.5 Å². The molecule has 3 nitrogen and oxygen atoms in total. The van der Waals surface area contributed by atoms with Gasteiger partial charge in [-0.25, -0.2) is 0 Å². The van der Waals surface area contributed by atoms with E-state index in [4.69, 9.17) is 10.4 Å². The summed E-state index contributed by atoms with van der Waals surface area (Å²) in [6.07, 6.45) is 0. The molecule has 1 N–H and O–H groups in total. The number of carbonyl (C=O) groups is 1. The first-order valence-corrected chi connectivity index (χ1v) is 5.52. The maximum Gasteiger partial charge on any atom is 0.307 e. The highest BCUT2D eigenvalue weighted by molar-refractivity contribution is 7.12. The molecule has 0 bridgehead atoms. The number of nitriles is 1. The van der Waals surface area contributed by atoms with Gasteiger partial charge in [-0.2, -0.15) is 5.26 Å². The number of carboxylic acid groups (broad SMARTS) is 1. The van der Waals surface area contributed by atoms with Crippen LogP contribution >= 0.6 is 11.3 Å². The third-order valence-corrected chi connectivity index (χ3v) is 4.21. The van der Waals surface area contributed by atoms with Crippen molar-refractivity contribution >= 4 is 17.3 Å². The van der Waals surface area contributed by atoms with Gasteiger partial charge in [-0.3, -0.25) is 4.79 Å². The number of hydrogen-bond donors (Lipinski definition) is 1. The zero-order valence-corrected chi connectivity index (χ0v) is 9.34. The Hall–Kier alpha value is -1.34. The van der Waals surface area contributed by atoms with E-state index in [9.17, 15) is 4.79 Å². The number of hydrogen-bond acceptors (Lipinski definition) is 3. The van der Waals surface area contributed by atoms with Crippen LogP contribution in [0.5, 0.6) is 0 Å². The smallest absolute Gasteiger partial charge is 0.307 e. The molecule has 2 rings (SSSR count). The minimum absolute atomic E-state index is 0.0714. The first-order valence-electron chi connectivity index (χ1n) is 4.71. The summed E-state index contributed by atoms with van der Waals surface area (Å²) in [5, 5.41) is 17.7. The summed E-state index contributed by atoms with van der Waals surface area (Å²) in [5.74, 6) is -0.971. The standard InChI is InChI=1S/C11H11NO2S/c1-11(2)8(9(11)10(13)14)7-4-3-6(5-12)15-7/h3-4,8-9H,1-2H3,(H,13,14). The topological polar surface area (TPSA) is 61.1 Å². The van der Waals surface area contributed by atoms with E-state index in [2.05, 4.69) is 6.07 Å². The van der Waals surface area contributed by atoms with Crippen LogP contribution in [0.4, 0.5) is 0 Å². The SMILES string of the molecule is CC1(C)C(C(=O)O)C1c1ccc(C#N)s1. The van der Waals surface area contributed by atoms with Crippen molar-refractivity contribution in [3.63, 3.8) is 0 Å². The van der Waals surface area contributed by atoms with Crippen LogP contribution in [0.1, 0.15) is 29.5 Å². The zero-order valence-electron chi connectivity index (χ0n) is 8.52. The van der Waals surface area contributed by atoms with Crippen LogP contribution in [0.25, 0.3) is 0 Å². The van der Waals surface area contributed by atoms with Crippen molar-refractivity contribution in [1.82, 2.24) is 0 Å². The molecule has 0 spiro atoms. The second-order valence-corrected chi connectivity index (χ2v) is 5.54. The van der Waals surface area contributed by atoms with Crippen molar-refractivity contribution in [3.05, 3.63) is 21.9 Å². The first-order chi connectivity index (χ1) is 6.98. The van der Waals surface area contributed by atoms with Crippen LogP contribution < -0.4 is 0 Å². The molecule has 2 unspecified atom stereocenters. The Balaban J connectivity index is 2.28. The van der Waals surface area contributed by atoms with Crippen molar-refractivity contribution in [2.24, 2.45) is 11.3 Å². The molecular formula is C11H11NO2S. The molecule has 0 aromatic carbocycles. The molecule has 15 heavy (non-hydrogen) atoms. The molecule has 2 atom stereocenters. The maximum absolute atomic E-state index is 11.0. The number of nitrogens with zero attached hydrogens (tertiary/aromatic N) is 1. The Kier molecular flexibility index (Phi) is 2.09. The highest BCUT2D eigenvalue weighted by atomic mass is 32.1. The van der Waals surface area contributed by atoms with E-state index >= 15 is 0 Å². The molecule has 1 heterocycles. The van der Waals surface area contributed by atoms with Crippen molar-refractivity contribution < 1.29 is 9.90 Å². The average Bonchev–Trinajstić information content (AvgIpc) is 2.59. The maximum atomic E-state index is 11.0. The third-order valence-electron chi connectivity index (χ3n) is 3.14. The summed E-state index contributed by atoms with van der Waals surface area (Å²) in [6.45, 7) is 3.92. The number of thiophene rings is 1. The second kappa shape index (κ2) is 3.07. The van der Waals surface area contributed by atoms with Crippen LogP contribution in [0, 0.1) is 22.7 Å². The van der Waals surface area contributed by atoms with Gasteiger partial charge in [0.25, 0.3) is 0 Å². The summed E-state index contributed by atoms with van der Waals surface area (Å²) < 4.78 is 0. The van der Waals surface area contributed by atoms with E-state index in [1.54, 1.807) is 6.07 Å². The molecule has 1 aromatic heterocycles. The molecule has 1 aliphatic carbocycles. The minimum atomic E-state index is -0.739. The Labute approximate surface area is 92.0 Å². The molecule has 1 aromatic rings. The van der Waals surface area contributed by atoms with Gasteiger partial charge in [0, 0.05) is 10.8 Å². The fourth-order valence-corrected chi connectivity index (χ4v) is 3.35. The molecule has 1 saturated carbocycles. The van der Waals surface area contributed by atoms with Crippen molar-refractivity contribution in [3.8, 4) is 6.07 Å². The van der Waals surface area contributed by atoms with Crippen molar-refractivity contribution in [1.29, 1.82) is 5.26 Å².